The van der Waals surface area contributed by atoms with E-state index in [1.54, 1.807) is 10.9 Å². The predicted molar refractivity (Wildman–Crippen MR) is 61.6 cm³/mol. The third kappa shape index (κ3) is 1.71. The first-order valence-electron chi connectivity index (χ1n) is 5.24. The maximum atomic E-state index is 5.36. The summed E-state index contributed by atoms with van der Waals surface area (Å²) in [5.74, 6) is 1.58. The summed E-state index contributed by atoms with van der Waals surface area (Å²) in [4.78, 5) is 0. The van der Waals surface area contributed by atoms with Gasteiger partial charge in [-0.2, -0.15) is 4.68 Å². The predicted octanol–water partition coefficient (Wildman–Crippen LogP) is 2.23. The number of hydrogen-bond acceptors (Lipinski definition) is 4. The summed E-state index contributed by atoms with van der Waals surface area (Å²) < 4.78 is 7.05. The molecule has 2 heterocycles. The molecule has 5 heteroatoms. The fourth-order valence-electron chi connectivity index (χ4n) is 1.70. The molecule has 0 bridgehead atoms. The maximum absolute atomic E-state index is 5.36. The number of aromatic nitrogens is 4. The lowest BCUT2D eigenvalue weighted by Crippen LogP contribution is -1.99. The first kappa shape index (κ1) is 9.77. The SMILES string of the molecule is Cc1nnnn1-c1cccc(-c2ccco2)c1. The zero-order valence-corrected chi connectivity index (χ0v) is 9.24. The molecule has 2 aromatic heterocycles. The quantitative estimate of drug-likeness (QED) is 0.672. The van der Waals surface area contributed by atoms with Crippen molar-refractivity contribution in [1.29, 1.82) is 0 Å². The number of hydrogen-bond donors (Lipinski definition) is 0. The molecule has 0 aliphatic carbocycles. The molecule has 0 fully saturated rings. The van der Waals surface area contributed by atoms with E-state index >= 15 is 0 Å². The number of nitrogens with zero attached hydrogens (tertiary/aromatic N) is 4. The Morgan fingerprint density at radius 2 is 2.12 bits per heavy atom. The van der Waals surface area contributed by atoms with E-state index in [0.717, 1.165) is 22.8 Å². The molecule has 0 unspecified atom stereocenters. The minimum Gasteiger partial charge on any atom is -0.464 e. The fourth-order valence-corrected chi connectivity index (χ4v) is 1.70. The second-order valence-electron chi connectivity index (χ2n) is 3.67. The van der Waals surface area contributed by atoms with Gasteiger partial charge in [0, 0.05) is 5.56 Å². The second-order valence-corrected chi connectivity index (χ2v) is 3.67. The van der Waals surface area contributed by atoms with Crippen LogP contribution < -0.4 is 0 Å². The second kappa shape index (κ2) is 3.86. The van der Waals surface area contributed by atoms with E-state index in [-0.39, 0.29) is 0 Å². The van der Waals surface area contributed by atoms with Crippen LogP contribution in [0.4, 0.5) is 0 Å². The number of tetrazole rings is 1. The molecule has 5 nitrogen and oxygen atoms in total. The lowest BCUT2D eigenvalue weighted by molar-refractivity contribution is 0.582. The van der Waals surface area contributed by atoms with Crippen LogP contribution >= 0.6 is 0 Å². The van der Waals surface area contributed by atoms with Gasteiger partial charge in [-0.25, -0.2) is 0 Å². The van der Waals surface area contributed by atoms with Gasteiger partial charge in [0.15, 0.2) is 5.82 Å². The van der Waals surface area contributed by atoms with Crippen molar-refractivity contribution in [3.63, 3.8) is 0 Å². The molecule has 0 N–H and O–H groups in total. The molecular formula is C12H10N4O. The highest BCUT2D eigenvalue weighted by atomic mass is 16.3. The van der Waals surface area contributed by atoms with Crippen LogP contribution in [0.25, 0.3) is 17.0 Å². The summed E-state index contributed by atoms with van der Waals surface area (Å²) in [6.07, 6.45) is 1.66. The molecule has 0 aliphatic heterocycles. The molecule has 0 saturated heterocycles. The normalized spacial score (nSPS) is 10.6. The Morgan fingerprint density at radius 3 is 2.82 bits per heavy atom. The van der Waals surface area contributed by atoms with E-state index in [1.165, 1.54) is 0 Å². The summed E-state index contributed by atoms with van der Waals surface area (Å²) in [7, 11) is 0. The largest absolute Gasteiger partial charge is 0.464 e. The molecule has 17 heavy (non-hydrogen) atoms. The summed E-state index contributed by atoms with van der Waals surface area (Å²) >= 11 is 0. The van der Waals surface area contributed by atoms with Gasteiger partial charge in [0.25, 0.3) is 0 Å². The standard InChI is InChI=1S/C12H10N4O/c1-9-13-14-15-16(9)11-5-2-4-10(8-11)12-6-3-7-17-12/h2-8H,1H3. The smallest absolute Gasteiger partial charge is 0.153 e. The molecule has 0 radical (unpaired) electrons. The number of furan rings is 1. The van der Waals surface area contributed by atoms with E-state index in [2.05, 4.69) is 15.5 Å². The lowest BCUT2D eigenvalue weighted by atomic mass is 10.1. The van der Waals surface area contributed by atoms with Crippen LogP contribution in [0.3, 0.4) is 0 Å². The third-order valence-corrected chi connectivity index (χ3v) is 2.52. The Bertz CT molecular complexity index is 628. The van der Waals surface area contributed by atoms with E-state index in [1.807, 2.05) is 43.3 Å². The topological polar surface area (TPSA) is 56.7 Å². The van der Waals surface area contributed by atoms with Gasteiger partial charge in [0.05, 0.1) is 12.0 Å². The highest BCUT2D eigenvalue weighted by Crippen LogP contribution is 2.22. The van der Waals surface area contributed by atoms with Crippen molar-refractivity contribution < 1.29 is 4.42 Å². The van der Waals surface area contributed by atoms with Crippen molar-refractivity contribution in [2.24, 2.45) is 0 Å². The van der Waals surface area contributed by atoms with Gasteiger partial charge in [-0.1, -0.05) is 12.1 Å². The summed E-state index contributed by atoms with van der Waals surface area (Å²) in [6, 6.07) is 11.7. The molecule has 0 spiro atoms. The van der Waals surface area contributed by atoms with Gasteiger partial charge >= 0.3 is 0 Å². The summed E-state index contributed by atoms with van der Waals surface area (Å²) in [6.45, 7) is 1.86. The highest BCUT2D eigenvalue weighted by molar-refractivity contribution is 5.60. The van der Waals surface area contributed by atoms with Crippen LogP contribution in [0, 0.1) is 6.92 Å². The Labute approximate surface area is 97.7 Å². The van der Waals surface area contributed by atoms with Crippen LogP contribution in [0.15, 0.2) is 47.1 Å². The third-order valence-electron chi connectivity index (χ3n) is 2.52. The van der Waals surface area contributed by atoms with E-state index in [9.17, 15) is 0 Å². The van der Waals surface area contributed by atoms with Crippen molar-refractivity contribution >= 4 is 0 Å². The summed E-state index contributed by atoms with van der Waals surface area (Å²) in [5.41, 5.74) is 1.92. The molecule has 0 atom stereocenters. The monoisotopic (exact) mass is 226 g/mol. The Hall–Kier alpha value is -2.43. The van der Waals surface area contributed by atoms with Crippen molar-refractivity contribution in [3.05, 3.63) is 48.5 Å². The number of benzene rings is 1. The Balaban J connectivity index is 2.09. The molecular weight excluding hydrogens is 216 g/mol. The van der Waals surface area contributed by atoms with Crippen molar-refractivity contribution in [2.45, 2.75) is 6.92 Å². The average molecular weight is 226 g/mol. The van der Waals surface area contributed by atoms with Gasteiger partial charge < -0.3 is 4.42 Å². The Morgan fingerprint density at radius 1 is 1.18 bits per heavy atom. The van der Waals surface area contributed by atoms with E-state index < -0.39 is 0 Å². The minimum absolute atomic E-state index is 0.751. The maximum Gasteiger partial charge on any atom is 0.153 e. The Kier molecular flexibility index (Phi) is 2.22. The van der Waals surface area contributed by atoms with Crippen LogP contribution in [-0.2, 0) is 0 Å². The van der Waals surface area contributed by atoms with E-state index in [0.29, 0.717) is 0 Å². The summed E-state index contributed by atoms with van der Waals surface area (Å²) in [5, 5.41) is 11.4. The first-order chi connectivity index (χ1) is 8.34. The molecule has 84 valence electrons. The van der Waals surface area contributed by atoms with E-state index in [4.69, 9.17) is 4.42 Å². The molecule has 1 aromatic carbocycles. The van der Waals surface area contributed by atoms with Crippen LogP contribution in [0.2, 0.25) is 0 Å². The van der Waals surface area contributed by atoms with Gasteiger partial charge in [-0.05, 0) is 41.6 Å². The van der Waals surface area contributed by atoms with Gasteiger partial charge in [-0.3, -0.25) is 0 Å². The molecule has 0 aliphatic rings. The van der Waals surface area contributed by atoms with Crippen LogP contribution in [0.5, 0.6) is 0 Å². The lowest BCUT2D eigenvalue weighted by Gasteiger charge is -2.03. The van der Waals surface area contributed by atoms with Gasteiger partial charge in [0.1, 0.15) is 5.76 Å². The first-order valence-corrected chi connectivity index (χ1v) is 5.24. The van der Waals surface area contributed by atoms with Crippen LogP contribution in [0.1, 0.15) is 5.82 Å². The van der Waals surface area contributed by atoms with Gasteiger partial charge in [-0.15, -0.1) is 5.10 Å². The fraction of sp³-hybridized carbons (Fsp3) is 0.0833. The van der Waals surface area contributed by atoms with Crippen molar-refractivity contribution in [2.75, 3.05) is 0 Å². The zero-order chi connectivity index (χ0) is 11.7. The van der Waals surface area contributed by atoms with Crippen LogP contribution in [-0.4, -0.2) is 20.2 Å². The van der Waals surface area contributed by atoms with Crippen molar-refractivity contribution in [3.8, 4) is 17.0 Å². The molecule has 3 aromatic rings. The number of rotatable bonds is 2. The highest BCUT2D eigenvalue weighted by Gasteiger charge is 2.06. The van der Waals surface area contributed by atoms with Crippen molar-refractivity contribution in [1.82, 2.24) is 20.2 Å². The average Bonchev–Trinajstić information content (AvgIpc) is 2.99. The minimum atomic E-state index is 0.751. The number of aryl methyl sites for hydroxylation is 1. The zero-order valence-electron chi connectivity index (χ0n) is 9.24. The molecule has 0 amide bonds. The molecule has 0 saturated carbocycles. The molecule has 3 rings (SSSR count). The van der Waals surface area contributed by atoms with Gasteiger partial charge in [0.2, 0.25) is 0 Å².